The Hall–Kier alpha value is -2.30. The van der Waals surface area contributed by atoms with Crippen LogP contribution in [-0.4, -0.2) is 35.1 Å². The van der Waals surface area contributed by atoms with Gasteiger partial charge in [0.05, 0.1) is 5.56 Å². The number of urea groups is 1. The number of anilines is 1. The number of hydrogen-bond donors (Lipinski definition) is 2. The molecule has 0 aliphatic heterocycles. The van der Waals surface area contributed by atoms with Crippen molar-refractivity contribution in [2.45, 2.75) is 13.8 Å². The van der Waals surface area contributed by atoms with E-state index in [2.05, 4.69) is 11.9 Å². The molecule has 1 aromatic carbocycles. The number of likely N-dealkylation sites (N-methyl/N-ethyl adjacent to an activating group) is 1. The smallest absolute Gasteiger partial charge is 0.335 e. The van der Waals surface area contributed by atoms with Crippen LogP contribution in [0.25, 0.3) is 0 Å². The molecular formula is C14H18N2O3. The highest BCUT2D eigenvalue weighted by Crippen LogP contribution is 2.11. The van der Waals surface area contributed by atoms with Gasteiger partial charge in [-0.25, -0.2) is 9.59 Å². The van der Waals surface area contributed by atoms with E-state index in [1.165, 1.54) is 12.1 Å². The van der Waals surface area contributed by atoms with Gasteiger partial charge in [0.25, 0.3) is 0 Å². The first-order valence-electron chi connectivity index (χ1n) is 5.97. The van der Waals surface area contributed by atoms with E-state index in [4.69, 9.17) is 5.11 Å². The van der Waals surface area contributed by atoms with Crippen LogP contribution in [0.15, 0.2) is 36.4 Å². The molecule has 5 nitrogen and oxygen atoms in total. The fourth-order valence-electron chi connectivity index (χ4n) is 1.59. The lowest BCUT2D eigenvalue weighted by Gasteiger charge is -2.21. The molecule has 0 aliphatic rings. The molecule has 0 radical (unpaired) electrons. The zero-order valence-corrected chi connectivity index (χ0v) is 11.1. The minimum absolute atomic E-state index is 0.140. The van der Waals surface area contributed by atoms with Crippen molar-refractivity contribution in [1.29, 1.82) is 0 Å². The number of amides is 2. The molecule has 0 atom stereocenters. The van der Waals surface area contributed by atoms with E-state index in [0.717, 1.165) is 5.57 Å². The molecule has 0 unspecified atom stereocenters. The summed E-state index contributed by atoms with van der Waals surface area (Å²) in [5, 5.41) is 11.6. The summed E-state index contributed by atoms with van der Waals surface area (Å²) in [6, 6.07) is 5.87. The van der Waals surface area contributed by atoms with E-state index in [1.807, 2.05) is 13.8 Å². The van der Waals surface area contributed by atoms with Crippen LogP contribution in [0.5, 0.6) is 0 Å². The molecule has 0 heterocycles. The van der Waals surface area contributed by atoms with Crippen LogP contribution >= 0.6 is 0 Å². The summed E-state index contributed by atoms with van der Waals surface area (Å²) in [5.41, 5.74) is 1.49. The van der Waals surface area contributed by atoms with Gasteiger partial charge in [0.2, 0.25) is 0 Å². The Balaban J connectivity index is 2.78. The molecule has 1 rings (SSSR count). The van der Waals surface area contributed by atoms with Gasteiger partial charge in [-0.15, -0.1) is 0 Å². The molecule has 1 aromatic rings. The topological polar surface area (TPSA) is 69.6 Å². The molecule has 0 spiro atoms. The lowest BCUT2D eigenvalue weighted by atomic mass is 10.2. The summed E-state index contributed by atoms with van der Waals surface area (Å²) in [4.78, 5) is 24.4. The van der Waals surface area contributed by atoms with Crippen molar-refractivity contribution < 1.29 is 14.7 Å². The van der Waals surface area contributed by atoms with Gasteiger partial charge < -0.3 is 15.3 Å². The lowest BCUT2D eigenvalue weighted by Crippen LogP contribution is -2.35. The predicted octanol–water partition coefficient (Wildman–Crippen LogP) is 2.81. The van der Waals surface area contributed by atoms with Crippen LogP contribution in [-0.2, 0) is 0 Å². The highest BCUT2D eigenvalue weighted by Gasteiger charge is 2.12. The lowest BCUT2D eigenvalue weighted by molar-refractivity contribution is 0.0697. The first kappa shape index (κ1) is 14.8. The SMILES string of the molecule is C=C(C)CN(CC)C(=O)Nc1cccc(C(=O)O)c1. The summed E-state index contributed by atoms with van der Waals surface area (Å²) in [5.74, 6) is -1.02. The fourth-order valence-corrected chi connectivity index (χ4v) is 1.59. The number of carboxylic acids is 1. The second-order valence-corrected chi connectivity index (χ2v) is 4.29. The van der Waals surface area contributed by atoms with Crippen LogP contribution in [0.1, 0.15) is 24.2 Å². The molecule has 2 amide bonds. The Morgan fingerprint density at radius 3 is 2.63 bits per heavy atom. The Labute approximate surface area is 112 Å². The molecule has 102 valence electrons. The van der Waals surface area contributed by atoms with E-state index in [0.29, 0.717) is 18.8 Å². The zero-order valence-electron chi connectivity index (χ0n) is 11.1. The first-order valence-corrected chi connectivity index (χ1v) is 5.97. The molecule has 19 heavy (non-hydrogen) atoms. The van der Waals surface area contributed by atoms with Crippen molar-refractivity contribution in [3.63, 3.8) is 0 Å². The second kappa shape index (κ2) is 6.58. The molecule has 5 heteroatoms. The van der Waals surface area contributed by atoms with E-state index in [9.17, 15) is 9.59 Å². The van der Waals surface area contributed by atoms with E-state index in [1.54, 1.807) is 17.0 Å². The van der Waals surface area contributed by atoms with Gasteiger partial charge in [-0.1, -0.05) is 18.2 Å². The fraction of sp³-hybridized carbons (Fsp3) is 0.286. The van der Waals surface area contributed by atoms with Crippen LogP contribution in [0.3, 0.4) is 0 Å². The maximum atomic E-state index is 12.0. The number of aromatic carboxylic acids is 1. The third kappa shape index (κ3) is 4.46. The Kier molecular flexibility index (Phi) is 5.11. The number of carbonyl (C=O) groups excluding carboxylic acids is 1. The number of carboxylic acid groups (broad SMARTS) is 1. The van der Waals surface area contributed by atoms with Crippen LogP contribution in [0.2, 0.25) is 0 Å². The Morgan fingerprint density at radius 2 is 2.11 bits per heavy atom. The van der Waals surface area contributed by atoms with Crippen molar-refractivity contribution in [3.8, 4) is 0 Å². The average molecular weight is 262 g/mol. The summed E-state index contributed by atoms with van der Waals surface area (Å²) >= 11 is 0. The number of nitrogens with zero attached hydrogens (tertiary/aromatic N) is 1. The normalized spacial score (nSPS) is 9.79. The van der Waals surface area contributed by atoms with E-state index < -0.39 is 5.97 Å². The number of benzene rings is 1. The summed E-state index contributed by atoms with van der Waals surface area (Å²) in [7, 11) is 0. The third-order valence-electron chi connectivity index (χ3n) is 2.49. The average Bonchev–Trinajstić information content (AvgIpc) is 2.35. The van der Waals surface area contributed by atoms with Gasteiger partial charge in [-0.3, -0.25) is 0 Å². The monoisotopic (exact) mass is 262 g/mol. The minimum atomic E-state index is -1.02. The maximum Gasteiger partial charge on any atom is 0.335 e. The second-order valence-electron chi connectivity index (χ2n) is 4.29. The van der Waals surface area contributed by atoms with Crippen molar-refractivity contribution in [3.05, 3.63) is 42.0 Å². The first-order chi connectivity index (χ1) is 8.93. The van der Waals surface area contributed by atoms with Gasteiger partial charge in [0, 0.05) is 18.8 Å². The summed E-state index contributed by atoms with van der Waals surface area (Å²) in [6.45, 7) is 8.52. The van der Waals surface area contributed by atoms with Crippen molar-refractivity contribution in [1.82, 2.24) is 4.90 Å². The molecular weight excluding hydrogens is 244 g/mol. The number of hydrogen-bond acceptors (Lipinski definition) is 2. The van der Waals surface area contributed by atoms with Gasteiger partial charge in [0.1, 0.15) is 0 Å². The van der Waals surface area contributed by atoms with E-state index in [-0.39, 0.29) is 11.6 Å². The third-order valence-corrected chi connectivity index (χ3v) is 2.49. The molecule has 2 N–H and O–H groups in total. The predicted molar refractivity (Wildman–Crippen MR) is 74.5 cm³/mol. The van der Waals surface area contributed by atoms with Crippen LogP contribution in [0, 0.1) is 0 Å². The van der Waals surface area contributed by atoms with Gasteiger partial charge >= 0.3 is 12.0 Å². The summed E-state index contributed by atoms with van der Waals surface area (Å²) < 4.78 is 0. The maximum absolute atomic E-state index is 12.0. The molecule has 0 saturated carbocycles. The van der Waals surface area contributed by atoms with Crippen molar-refractivity contribution in [2.24, 2.45) is 0 Å². The zero-order chi connectivity index (χ0) is 14.4. The summed E-state index contributed by atoms with van der Waals surface area (Å²) in [6.07, 6.45) is 0. The van der Waals surface area contributed by atoms with Crippen molar-refractivity contribution >= 4 is 17.7 Å². The van der Waals surface area contributed by atoms with Gasteiger partial charge in [-0.05, 0) is 32.0 Å². The van der Waals surface area contributed by atoms with Crippen LogP contribution in [0.4, 0.5) is 10.5 Å². The molecule has 0 bridgehead atoms. The molecule has 0 saturated heterocycles. The highest BCUT2D eigenvalue weighted by molar-refractivity contribution is 5.93. The number of nitrogens with one attached hydrogen (secondary N) is 1. The molecule has 0 aliphatic carbocycles. The van der Waals surface area contributed by atoms with Crippen LogP contribution < -0.4 is 5.32 Å². The molecule has 0 fully saturated rings. The van der Waals surface area contributed by atoms with Gasteiger partial charge in [-0.2, -0.15) is 0 Å². The minimum Gasteiger partial charge on any atom is -0.478 e. The van der Waals surface area contributed by atoms with Gasteiger partial charge in [0.15, 0.2) is 0 Å². The standard InChI is InChI=1S/C14H18N2O3/c1-4-16(9-10(2)3)14(19)15-12-7-5-6-11(8-12)13(17)18/h5-8H,2,4,9H2,1,3H3,(H,15,19)(H,17,18). The van der Waals surface area contributed by atoms with Crippen molar-refractivity contribution in [2.75, 3.05) is 18.4 Å². The number of rotatable bonds is 5. The Morgan fingerprint density at radius 1 is 1.42 bits per heavy atom. The quantitative estimate of drug-likeness (QED) is 0.802. The molecule has 0 aromatic heterocycles. The van der Waals surface area contributed by atoms with E-state index >= 15 is 0 Å². The Bertz CT molecular complexity index is 497. The largest absolute Gasteiger partial charge is 0.478 e. The number of carbonyl (C=O) groups is 2. The highest BCUT2D eigenvalue weighted by atomic mass is 16.4.